The van der Waals surface area contributed by atoms with E-state index >= 15 is 0 Å². The van der Waals surface area contributed by atoms with Crippen LogP contribution in [0.2, 0.25) is 5.02 Å². The molecule has 0 aliphatic carbocycles. The fourth-order valence-corrected chi connectivity index (χ4v) is 4.74. The first-order valence-electron chi connectivity index (χ1n) is 12.0. The topological polar surface area (TPSA) is 67.8 Å². The van der Waals surface area contributed by atoms with Crippen molar-refractivity contribution in [3.05, 3.63) is 65.4 Å². The van der Waals surface area contributed by atoms with Crippen LogP contribution in [-0.2, 0) is 0 Å². The number of nitrogens with one attached hydrogen (secondary N) is 2. The molecular formula is C28H32ClFN4O2. The number of carbonyl (C=O) groups excluding carboxylic acids is 1. The molecule has 8 heteroatoms. The van der Waals surface area contributed by atoms with Gasteiger partial charge in [0.25, 0.3) is 0 Å². The van der Waals surface area contributed by atoms with Crippen molar-refractivity contribution in [2.75, 3.05) is 43.4 Å². The summed E-state index contributed by atoms with van der Waals surface area (Å²) < 4.78 is 14.8. The van der Waals surface area contributed by atoms with Crippen molar-refractivity contribution in [2.45, 2.75) is 26.3 Å². The molecule has 0 radical (unpaired) electrons. The number of phenolic OH excluding ortho intramolecular Hbond substituents is 1. The van der Waals surface area contributed by atoms with Crippen LogP contribution in [0.15, 0.2) is 54.6 Å². The van der Waals surface area contributed by atoms with Gasteiger partial charge >= 0.3 is 6.03 Å². The van der Waals surface area contributed by atoms with Crippen LogP contribution in [0.3, 0.4) is 0 Å². The van der Waals surface area contributed by atoms with Gasteiger partial charge in [-0.25, -0.2) is 9.18 Å². The highest BCUT2D eigenvalue weighted by molar-refractivity contribution is 6.34. The second-order valence-corrected chi connectivity index (χ2v) is 10.4. The molecule has 3 N–H and O–H groups in total. The lowest BCUT2D eigenvalue weighted by Gasteiger charge is -2.43. The molecule has 1 heterocycles. The molecule has 0 saturated carbocycles. The molecule has 0 aromatic heterocycles. The monoisotopic (exact) mass is 510 g/mol. The quantitative estimate of drug-likeness (QED) is 0.391. The van der Waals surface area contributed by atoms with Crippen LogP contribution in [0.25, 0.3) is 22.3 Å². The number of benzene rings is 3. The normalized spacial score (nSPS) is 14.6. The Morgan fingerprint density at radius 1 is 0.972 bits per heavy atom. The lowest BCUT2D eigenvalue weighted by atomic mass is 9.96. The van der Waals surface area contributed by atoms with Crippen LogP contribution in [0.5, 0.6) is 5.75 Å². The SMILES string of the molecule is CNC(=O)Nc1ccc(-c2cc(F)cc(-c3cccc(N4CCN(C(C)(C)C)CC4)c3)c2O)cc1Cl. The number of nitrogens with zero attached hydrogens (tertiary/aromatic N) is 2. The van der Waals surface area contributed by atoms with Gasteiger partial charge in [0.2, 0.25) is 0 Å². The van der Waals surface area contributed by atoms with Gasteiger partial charge in [-0.05, 0) is 68.3 Å². The van der Waals surface area contributed by atoms with Gasteiger partial charge in [-0.15, -0.1) is 0 Å². The molecule has 0 spiro atoms. The zero-order valence-corrected chi connectivity index (χ0v) is 21.8. The van der Waals surface area contributed by atoms with E-state index < -0.39 is 11.8 Å². The number of phenols is 1. The summed E-state index contributed by atoms with van der Waals surface area (Å²) in [6.07, 6.45) is 0. The van der Waals surface area contributed by atoms with E-state index in [1.54, 1.807) is 18.2 Å². The van der Waals surface area contributed by atoms with Crippen molar-refractivity contribution in [1.29, 1.82) is 0 Å². The smallest absolute Gasteiger partial charge is 0.319 e. The third kappa shape index (κ3) is 5.58. The van der Waals surface area contributed by atoms with Crippen LogP contribution >= 0.6 is 11.6 Å². The van der Waals surface area contributed by atoms with E-state index in [0.29, 0.717) is 22.4 Å². The molecule has 190 valence electrons. The second-order valence-electron chi connectivity index (χ2n) is 9.94. The van der Waals surface area contributed by atoms with Gasteiger partial charge in [0.15, 0.2) is 0 Å². The highest BCUT2D eigenvalue weighted by Crippen LogP contribution is 2.41. The summed E-state index contributed by atoms with van der Waals surface area (Å²) >= 11 is 6.35. The van der Waals surface area contributed by atoms with Crippen molar-refractivity contribution in [3.63, 3.8) is 0 Å². The Labute approximate surface area is 216 Å². The van der Waals surface area contributed by atoms with Gasteiger partial charge in [0.05, 0.1) is 10.7 Å². The van der Waals surface area contributed by atoms with Gasteiger partial charge in [0, 0.05) is 55.6 Å². The Kier molecular flexibility index (Phi) is 7.43. The Balaban J connectivity index is 1.63. The first-order chi connectivity index (χ1) is 17.1. The maximum atomic E-state index is 14.8. The molecule has 0 atom stereocenters. The molecule has 0 bridgehead atoms. The van der Waals surface area contributed by atoms with Gasteiger partial charge in [0.1, 0.15) is 11.6 Å². The molecule has 36 heavy (non-hydrogen) atoms. The summed E-state index contributed by atoms with van der Waals surface area (Å²) in [7, 11) is 1.50. The highest BCUT2D eigenvalue weighted by Gasteiger charge is 2.26. The summed E-state index contributed by atoms with van der Waals surface area (Å²) in [6, 6.07) is 15.0. The molecule has 1 aliphatic heterocycles. The first-order valence-corrected chi connectivity index (χ1v) is 12.4. The van der Waals surface area contributed by atoms with Crippen LogP contribution in [-0.4, -0.2) is 54.8 Å². The van der Waals surface area contributed by atoms with Crippen molar-refractivity contribution in [3.8, 4) is 28.0 Å². The number of piperazine rings is 1. The van der Waals surface area contributed by atoms with Gasteiger partial charge in [-0.3, -0.25) is 4.90 Å². The standard InChI is InChI=1S/C28H32ClFN4O2/c1-28(2,3)34-12-10-33(11-13-34)21-7-5-6-18(14-21)22-16-20(30)17-23(26(22)35)19-8-9-25(24(29)15-19)32-27(36)31-4/h5-9,14-17,35H,10-13H2,1-4H3,(H2,31,32,36). The van der Waals surface area contributed by atoms with Crippen molar-refractivity contribution in [2.24, 2.45) is 0 Å². The summed E-state index contributed by atoms with van der Waals surface area (Å²) in [4.78, 5) is 16.4. The maximum absolute atomic E-state index is 14.8. The number of aromatic hydroxyl groups is 1. The number of amides is 2. The van der Waals surface area contributed by atoms with E-state index in [-0.39, 0.29) is 16.3 Å². The molecule has 1 aliphatic rings. The molecule has 0 unspecified atom stereocenters. The molecule has 1 saturated heterocycles. The molecular weight excluding hydrogens is 479 g/mol. The molecule has 3 aromatic rings. The summed E-state index contributed by atoms with van der Waals surface area (Å²) in [6.45, 7) is 10.4. The summed E-state index contributed by atoms with van der Waals surface area (Å²) in [5, 5.41) is 16.5. The van der Waals surface area contributed by atoms with E-state index in [2.05, 4.69) is 41.2 Å². The fraction of sp³-hybridized carbons (Fsp3) is 0.321. The molecule has 3 aromatic carbocycles. The number of hydrogen-bond donors (Lipinski definition) is 3. The average molecular weight is 511 g/mol. The van der Waals surface area contributed by atoms with Gasteiger partial charge < -0.3 is 20.6 Å². The van der Waals surface area contributed by atoms with E-state index in [1.165, 1.54) is 19.2 Å². The summed E-state index contributed by atoms with van der Waals surface area (Å²) in [5.74, 6) is -0.500. The number of anilines is 2. The Morgan fingerprint density at radius 2 is 1.61 bits per heavy atom. The third-order valence-electron chi connectivity index (χ3n) is 6.58. The van der Waals surface area contributed by atoms with E-state index in [1.807, 2.05) is 24.3 Å². The molecule has 4 rings (SSSR count). The van der Waals surface area contributed by atoms with Crippen molar-refractivity contribution in [1.82, 2.24) is 10.2 Å². The minimum absolute atomic E-state index is 0.0332. The van der Waals surface area contributed by atoms with Crippen LogP contribution in [0.1, 0.15) is 20.8 Å². The predicted molar refractivity (Wildman–Crippen MR) is 146 cm³/mol. The third-order valence-corrected chi connectivity index (χ3v) is 6.89. The lowest BCUT2D eigenvalue weighted by molar-refractivity contribution is 0.128. The minimum atomic E-state index is -0.467. The second kappa shape index (κ2) is 10.4. The number of carbonyl (C=O) groups is 1. The highest BCUT2D eigenvalue weighted by atomic mass is 35.5. The Bertz CT molecular complexity index is 1270. The predicted octanol–water partition coefficient (Wildman–Crippen LogP) is 6.19. The van der Waals surface area contributed by atoms with Crippen LogP contribution in [0.4, 0.5) is 20.6 Å². The Morgan fingerprint density at radius 3 is 2.19 bits per heavy atom. The van der Waals surface area contributed by atoms with Crippen LogP contribution in [0, 0.1) is 5.82 Å². The number of halogens is 2. The fourth-order valence-electron chi connectivity index (χ4n) is 4.51. The van der Waals surface area contributed by atoms with Crippen LogP contribution < -0.4 is 15.5 Å². The largest absolute Gasteiger partial charge is 0.507 e. The van der Waals surface area contributed by atoms with Gasteiger partial charge in [-0.1, -0.05) is 29.8 Å². The summed E-state index contributed by atoms with van der Waals surface area (Å²) in [5.41, 5.74) is 3.58. The molecule has 1 fully saturated rings. The van der Waals surface area contributed by atoms with E-state index in [0.717, 1.165) is 37.4 Å². The van der Waals surface area contributed by atoms with Crippen molar-refractivity contribution < 1.29 is 14.3 Å². The maximum Gasteiger partial charge on any atom is 0.319 e. The zero-order valence-electron chi connectivity index (χ0n) is 21.0. The number of urea groups is 1. The number of hydrogen-bond acceptors (Lipinski definition) is 4. The lowest BCUT2D eigenvalue weighted by Crippen LogP contribution is -2.53. The minimum Gasteiger partial charge on any atom is -0.507 e. The zero-order chi connectivity index (χ0) is 26.0. The number of rotatable bonds is 4. The van der Waals surface area contributed by atoms with Crippen molar-refractivity contribution >= 4 is 29.0 Å². The molecule has 6 nitrogen and oxygen atoms in total. The average Bonchev–Trinajstić information content (AvgIpc) is 2.86. The van der Waals surface area contributed by atoms with Gasteiger partial charge in [-0.2, -0.15) is 0 Å². The van der Waals surface area contributed by atoms with E-state index in [4.69, 9.17) is 11.6 Å². The first kappa shape index (κ1) is 25.8. The van der Waals surface area contributed by atoms with E-state index in [9.17, 15) is 14.3 Å². The molecule has 2 amide bonds. The Hall–Kier alpha value is -3.29.